The number of nitrogens with one attached hydrogen (secondary N) is 2. The third-order valence-corrected chi connectivity index (χ3v) is 4.11. The summed E-state index contributed by atoms with van der Waals surface area (Å²) in [5.41, 5.74) is 0.907. The molecule has 1 aliphatic carbocycles. The zero-order valence-electron chi connectivity index (χ0n) is 13.3. The summed E-state index contributed by atoms with van der Waals surface area (Å²) in [5, 5.41) is 5.76. The molecule has 6 heteroatoms. The van der Waals surface area contributed by atoms with E-state index in [0.717, 1.165) is 5.56 Å². The first-order chi connectivity index (χ1) is 11.1. The smallest absolute Gasteiger partial charge is 0.407 e. The van der Waals surface area contributed by atoms with E-state index in [1.54, 1.807) is 7.05 Å². The van der Waals surface area contributed by atoms with E-state index < -0.39 is 18.4 Å². The Bertz CT molecular complexity index is 477. The van der Waals surface area contributed by atoms with Crippen molar-refractivity contribution in [3.05, 3.63) is 35.9 Å². The van der Waals surface area contributed by atoms with Gasteiger partial charge in [0, 0.05) is 12.6 Å². The highest BCUT2D eigenvalue weighted by Crippen LogP contribution is 2.33. The zero-order chi connectivity index (χ0) is 16.7. The van der Waals surface area contributed by atoms with Crippen LogP contribution in [-0.4, -0.2) is 38.1 Å². The molecule has 1 aromatic carbocycles. The maximum atomic E-state index is 13.3. The number of hydrogen-bond acceptors (Lipinski definition) is 3. The quantitative estimate of drug-likeness (QED) is 0.810. The highest BCUT2D eigenvalue weighted by atomic mass is 19.2. The lowest BCUT2D eigenvalue weighted by Crippen LogP contribution is -2.42. The molecule has 1 aliphatic rings. The summed E-state index contributed by atoms with van der Waals surface area (Å²) in [6.07, 6.45) is -2.27. The van der Waals surface area contributed by atoms with Crippen LogP contribution in [0, 0.1) is 5.92 Å². The van der Waals surface area contributed by atoms with Crippen molar-refractivity contribution in [1.82, 2.24) is 10.6 Å². The number of likely N-dealkylation sites (N-methyl/N-ethyl adjacent to an activating group) is 1. The number of amides is 1. The van der Waals surface area contributed by atoms with E-state index >= 15 is 0 Å². The van der Waals surface area contributed by atoms with Crippen LogP contribution in [0.4, 0.5) is 13.6 Å². The molecule has 1 fully saturated rings. The minimum Gasteiger partial charge on any atom is -0.445 e. The van der Waals surface area contributed by atoms with E-state index in [2.05, 4.69) is 10.6 Å². The summed E-state index contributed by atoms with van der Waals surface area (Å²) in [4.78, 5) is 11.9. The molecule has 1 saturated carbocycles. The summed E-state index contributed by atoms with van der Waals surface area (Å²) >= 11 is 0. The van der Waals surface area contributed by atoms with E-state index in [1.807, 2.05) is 30.3 Å². The molecule has 2 rings (SSSR count). The molecule has 4 nitrogen and oxygen atoms in total. The Hall–Kier alpha value is -1.69. The average Bonchev–Trinajstić information content (AvgIpc) is 2.84. The van der Waals surface area contributed by atoms with Crippen LogP contribution in [0.5, 0.6) is 0 Å². The topological polar surface area (TPSA) is 50.4 Å². The van der Waals surface area contributed by atoms with Gasteiger partial charge in [-0.25, -0.2) is 13.6 Å². The fraction of sp³-hybridized carbons (Fsp3) is 0.588. The van der Waals surface area contributed by atoms with Gasteiger partial charge in [-0.2, -0.15) is 0 Å². The van der Waals surface area contributed by atoms with Gasteiger partial charge in [-0.05, 0) is 37.8 Å². The summed E-state index contributed by atoms with van der Waals surface area (Å²) < 4.78 is 31.7. The largest absolute Gasteiger partial charge is 0.445 e. The Labute approximate surface area is 135 Å². The molecule has 0 heterocycles. The van der Waals surface area contributed by atoms with Crippen molar-refractivity contribution >= 4 is 6.09 Å². The van der Waals surface area contributed by atoms with Crippen molar-refractivity contribution in [3.63, 3.8) is 0 Å². The molecule has 1 aromatic rings. The summed E-state index contributed by atoms with van der Waals surface area (Å²) in [6.45, 7) is 0.728. The lowest BCUT2D eigenvalue weighted by atomic mass is 9.98. The number of halogens is 2. The minimum absolute atomic E-state index is 0.0484. The Balaban J connectivity index is 1.78. The molecule has 23 heavy (non-hydrogen) atoms. The van der Waals surface area contributed by atoms with Crippen molar-refractivity contribution in [3.8, 4) is 0 Å². The lowest BCUT2D eigenvalue weighted by molar-refractivity contribution is 0.133. The van der Waals surface area contributed by atoms with Gasteiger partial charge in [0.25, 0.3) is 0 Å². The van der Waals surface area contributed by atoms with Gasteiger partial charge in [0.2, 0.25) is 0 Å². The van der Waals surface area contributed by atoms with Crippen LogP contribution < -0.4 is 10.6 Å². The molecule has 0 spiro atoms. The van der Waals surface area contributed by atoms with Crippen LogP contribution in [-0.2, 0) is 11.3 Å². The molecule has 2 N–H and O–H groups in total. The van der Waals surface area contributed by atoms with E-state index in [4.69, 9.17) is 4.74 Å². The average molecular weight is 326 g/mol. The zero-order valence-corrected chi connectivity index (χ0v) is 13.3. The molecule has 0 aromatic heterocycles. The maximum absolute atomic E-state index is 13.3. The minimum atomic E-state index is -1.37. The van der Waals surface area contributed by atoms with Gasteiger partial charge in [-0.15, -0.1) is 0 Å². The van der Waals surface area contributed by atoms with Crippen LogP contribution in [0.25, 0.3) is 0 Å². The van der Waals surface area contributed by atoms with Gasteiger partial charge >= 0.3 is 6.09 Å². The predicted molar refractivity (Wildman–Crippen MR) is 84.6 cm³/mol. The van der Waals surface area contributed by atoms with Crippen molar-refractivity contribution in [2.24, 2.45) is 5.92 Å². The first kappa shape index (κ1) is 17.7. The second kappa shape index (κ2) is 8.82. The van der Waals surface area contributed by atoms with Crippen LogP contribution in [0.2, 0.25) is 0 Å². The Morgan fingerprint density at radius 1 is 1.26 bits per heavy atom. The van der Waals surface area contributed by atoms with Gasteiger partial charge < -0.3 is 15.4 Å². The normalized spacial score (nSPS) is 25.1. The van der Waals surface area contributed by atoms with Crippen LogP contribution >= 0.6 is 0 Å². The molecule has 1 amide bonds. The first-order valence-corrected chi connectivity index (χ1v) is 7.98. The van der Waals surface area contributed by atoms with E-state index in [-0.39, 0.29) is 31.4 Å². The van der Waals surface area contributed by atoms with E-state index in [1.165, 1.54) is 0 Å². The molecule has 0 bridgehead atoms. The lowest BCUT2D eigenvalue weighted by Gasteiger charge is -2.21. The number of alkyl halides is 2. The maximum Gasteiger partial charge on any atom is 0.407 e. The molecular weight excluding hydrogens is 302 g/mol. The predicted octanol–water partition coefficient (Wildman–Crippen LogP) is 2.98. The second-order valence-electron chi connectivity index (χ2n) is 6.07. The fourth-order valence-electron chi connectivity index (χ4n) is 2.99. The monoisotopic (exact) mass is 326 g/mol. The number of carbonyl (C=O) groups excluding carboxylic acids is 1. The Morgan fingerprint density at radius 2 is 1.91 bits per heavy atom. The van der Waals surface area contributed by atoms with Gasteiger partial charge in [0.05, 0.1) is 0 Å². The highest BCUT2D eigenvalue weighted by molar-refractivity contribution is 5.67. The first-order valence-electron chi connectivity index (χ1n) is 7.98. The van der Waals surface area contributed by atoms with Crippen molar-refractivity contribution in [1.29, 1.82) is 0 Å². The van der Waals surface area contributed by atoms with Gasteiger partial charge in [0.15, 0.2) is 0 Å². The van der Waals surface area contributed by atoms with Crippen molar-refractivity contribution < 1.29 is 18.3 Å². The molecule has 0 aliphatic heterocycles. The van der Waals surface area contributed by atoms with E-state index in [0.29, 0.717) is 13.0 Å². The van der Waals surface area contributed by atoms with Gasteiger partial charge in [0.1, 0.15) is 19.0 Å². The number of alkyl carbamates (subject to hydrolysis) is 1. The summed E-state index contributed by atoms with van der Waals surface area (Å²) in [5.74, 6) is -0.0484. The fourth-order valence-corrected chi connectivity index (χ4v) is 2.99. The number of ether oxygens (including phenoxy) is 1. The second-order valence-corrected chi connectivity index (χ2v) is 6.07. The van der Waals surface area contributed by atoms with Crippen molar-refractivity contribution in [2.45, 2.75) is 44.3 Å². The van der Waals surface area contributed by atoms with E-state index in [9.17, 15) is 13.6 Å². The highest BCUT2D eigenvalue weighted by Gasteiger charge is 2.35. The molecule has 0 radical (unpaired) electrons. The van der Waals surface area contributed by atoms with Crippen molar-refractivity contribution in [2.75, 3.05) is 13.6 Å². The van der Waals surface area contributed by atoms with Crippen LogP contribution in [0.15, 0.2) is 30.3 Å². The number of benzene rings is 1. The number of rotatable bonds is 7. The van der Waals surface area contributed by atoms with Crippen LogP contribution in [0.3, 0.4) is 0 Å². The Kier molecular flexibility index (Phi) is 6.77. The Morgan fingerprint density at radius 3 is 2.52 bits per heavy atom. The van der Waals surface area contributed by atoms with Crippen LogP contribution in [0.1, 0.15) is 24.8 Å². The summed E-state index contributed by atoms with van der Waals surface area (Å²) in [6, 6.07) is 9.19. The third-order valence-electron chi connectivity index (χ3n) is 4.11. The summed E-state index contributed by atoms with van der Waals surface area (Å²) in [7, 11) is 1.77. The van der Waals surface area contributed by atoms with Gasteiger partial charge in [-0.1, -0.05) is 30.3 Å². The molecule has 128 valence electrons. The third kappa shape index (κ3) is 5.78. The standard InChI is InChI=1S/C17H24F2N2O2/c1-20-10-14(7-13-8-15(18)16(19)9-13)21-17(22)23-11-12-5-3-2-4-6-12/h2-6,13-16,20H,7-11H2,1H3,(H,21,22)/t13?,14-,15-,16+/m0/s1. The SMILES string of the molecule is CNC[C@H](CC1C[C@@H](F)[C@@H](F)C1)NC(=O)OCc1ccccc1. The number of carbonyl (C=O) groups is 1. The molecule has 1 unspecified atom stereocenters. The molecular formula is C17H24F2N2O2. The molecule has 0 saturated heterocycles. The van der Waals surface area contributed by atoms with Gasteiger partial charge in [-0.3, -0.25) is 0 Å². The number of hydrogen-bond donors (Lipinski definition) is 2. The molecule has 4 atom stereocenters.